The normalized spacial score (nSPS) is 11.5. The van der Waals surface area contributed by atoms with E-state index in [1.807, 2.05) is 44.2 Å². The first-order valence-corrected chi connectivity index (χ1v) is 6.23. The molecular formula is C15H18O4. The highest BCUT2D eigenvalue weighted by atomic mass is 16.6. The van der Waals surface area contributed by atoms with Crippen LogP contribution >= 0.6 is 0 Å². The van der Waals surface area contributed by atoms with Gasteiger partial charge in [-0.05, 0) is 18.4 Å². The first-order valence-electron chi connectivity index (χ1n) is 6.23. The molecule has 0 fully saturated rings. The van der Waals surface area contributed by atoms with Gasteiger partial charge in [0.25, 0.3) is 0 Å². The lowest BCUT2D eigenvalue weighted by Gasteiger charge is -2.31. The molecule has 0 aromatic heterocycles. The lowest BCUT2D eigenvalue weighted by molar-refractivity contribution is -0.156. The topological polar surface area (TPSA) is 63.6 Å². The summed E-state index contributed by atoms with van der Waals surface area (Å²) in [5, 5.41) is 8.50. The summed E-state index contributed by atoms with van der Waals surface area (Å²) in [7, 11) is 0. The smallest absolute Gasteiger partial charge is 0.331 e. The van der Waals surface area contributed by atoms with Gasteiger partial charge in [0.15, 0.2) is 0 Å². The molecule has 0 saturated carbocycles. The van der Waals surface area contributed by atoms with Crippen molar-refractivity contribution in [3.05, 3.63) is 48.0 Å². The zero-order valence-corrected chi connectivity index (χ0v) is 11.1. The van der Waals surface area contributed by atoms with Crippen LogP contribution in [0.4, 0.5) is 0 Å². The highest BCUT2D eigenvalue weighted by molar-refractivity contribution is 5.90. The van der Waals surface area contributed by atoms with Crippen LogP contribution in [0.2, 0.25) is 0 Å². The van der Waals surface area contributed by atoms with Gasteiger partial charge in [-0.1, -0.05) is 44.2 Å². The molecule has 0 spiro atoms. The van der Waals surface area contributed by atoms with Crippen molar-refractivity contribution in [1.29, 1.82) is 0 Å². The second kappa shape index (κ2) is 6.73. The minimum atomic E-state index is -1.17. The Morgan fingerprint density at radius 3 is 2.21 bits per heavy atom. The minimum Gasteiger partial charge on any atom is -0.478 e. The lowest BCUT2D eigenvalue weighted by Crippen LogP contribution is -2.30. The molecule has 0 amide bonds. The lowest BCUT2D eigenvalue weighted by atomic mass is 9.88. The average molecular weight is 262 g/mol. The number of carboxylic acids is 1. The van der Waals surface area contributed by atoms with E-state index in [9.17, 15) is 9.59 Å². The SMILES string of the molecule is CCC(CC)(OC(=O)/C=C\C(=O)O)c1ccccc1. The van der Waals surface area contributed by atoms with E-state index in [1.54, 1.807) is 0 Å². The quantitative estimate of drug-likeness (QED) is 0.632. The van der Waals surface area contributed by atoms with Gasteiger partial charge in [-0.25, -0.2) is 9.59 Å². The van der Waals surface area contributed by atoms with Crippen LogP contribution < -0.4 is 0 Å². The molecule has 4 heteroatoms. The van der Waals surface area contributed by atoms with Crippen LogP contribution in [-0.2, 0) is 19.9 Å². The third-order valence-electron chi connectivity index (χ3n) is 3.10. The summed E-state index contributed by atoms with van der Waals surface area (Å²) in [6.45, 7) is 3.87. The van der Waals surface area contributed by atoms with Crippen LogP contribution in [0.15, 0.2) is 42.5 Å². The van der Waals surface area contributed by atoms with Crippen molar-refractivity contribution >= 4 is 11.9 Å². The molecule has 0 saturated heterocycles. The van der Waals surface area contributed by atoms with E-state index in [-0.39, 0.29) is 0 Å². The number of aliphatic carboxylic acids is 1. The maximum atomic E-state index is 11.7. The number of benzene rings is 1. The number of carbonyl (C=O) groups excluding carboxylic acids is 1. The Labute approximate surface area is 112 Å². The summed E-state index contributed by atoms with van der Waals surface area (Å²) in [4.78, 5) is 22.1. The van der Waals surface area contributed by atoms with E-state index in [4.69, 9.17) is 9.84 Å². The average Bonchev–Trinajstić information content (AvgIpc) is 2.43. The van der Waals surface area contributed by atoms with Gasteiger partial charge in [-0.3, -0.25) is 0 Å². The Morgan fingerprint density at radius 1 is 1.16 bits per heavy atom. The number of esters is 1. The third kappa shape index (κ3) is 3.95. The molecule has 0 atom stereocenters. The first kappa shape index (κ1) is 15.0. The number of rotatable bonds is 6. The summed E-state index contributed by atoms with van der Waals surface area (Å²) < 4.78 is 5.48. The predicted molar refractivity (Wildman–Crippen MR) is 71.6 cm³/mol. The molecule has 1 rings (SSSR count). The van der Waals surface area contributed by atoms with Crippen LogP contribution in [0.3, 0.4) is 0 Å². The zero-order valence-electron chi connectivity index (χ0n) is 11.1. The summed E-state index contributed by atoms with van der Waals surface area (Å²) >= 11 is 0. The Balaban J connectivity index is 2.95. The van der Waals surface area contributed by atoms with Crippen molar-refractivity contribution < 1.29 is 19.4 Å². The highest BCUT2D eigenvalue weighted by Gasteiger charge is 2.31. The van der Waals surface area contributed by atoms with Crippen LogP contribution in [0.5, 0.6) is 0 Å². The van der Waals surface area contributed by atoms with E-state index < -0.39 is 17.5 Å². The van der Waals surface area contributed by atoms with E-state index in [0.29, 0.717) is 12.8 Å². The molecule has 0 aliphatic rings. The van der Waals surface area contributed by atoms with Gasteiger partial charge >= 0.3 is 11.9 Å². The Morgan fingerprint density at radius 2 is 1.74 bits per heavy atom. The number of hydrogen-bond acceptors (Lipinski definition) is 3. The highest BCUT2D eigenvalue weighted by Crippen LogP contribution is 2.33. The van der Waals surface area contributed by atoms with Crippen molar-refractivity contribution in [1.82, 2.24) is 0 Å². The number of ether oxygens (including phenoxy) is 1. The van der Waals surface area contributed by atoms with Crippen molar-refractivity contribution in [3.8, 4) is 0 Å². The molecule has 1 aromatic rings. The van der Waals surface area contributed by atoms with Gasteiger partial charge in [0.2, 0.25) is 0 Å². The van der Waals surface area contributed by atoms with Gasteiger partial charge in [-0.2, -0.15) is 0 Å². The maximum absolute atomic E-state index is 11.7. The van der Waals surface area contributed by atoms with Gasteiger partial charge in [0.1, 0.15) is 5.60 Å². The van der Waals surface area contributed by atoms with E-state index in [1.165, 1.54) is 0 Å². The molecule has 102 valence electrons. The van der Waals surface area contributed by atoms with Crippen LogP contribution in [-0.4, -0.2) is 17.0 Å². The van der Waals surface area contributed by atoms with Crippen molar-refractivity contribution in [2.45, 2.75) is 32.3 Å². The molecular weight excluding hydrogens is 244 g/mol. The second-order valence-corrected chi connectivity index (χ2v) is 4.16. The minimum absolute atomic E-state index is 0.625. The first-order chi connectivity index (χ1) is 9.04. The third-order valence-corrected chi connectivity index (χ3v) is 3.10. The molecule has 19 heavy (non-hydrogen) atoms. The van der Waals surface area contributed by atoms with Gasteiger partial charge < -0.3 is 9.84 Å². The molecule has 4 nitrogen and oxygen atoms in total. The molecule has 1 N–H and O–H groups in total. The van der Waals surface area contributed by atoms with Crippen LogP contribution in [0.1, 0.15) is 32.3 Å². The van der Waals surface area contributed by atoms with Crippen LogP contribution in [0.25, 0.3) is 0 Å². The standard InChI is InChI=1S/C15H18O4/c1-3-15(4-2,12-8-6-5-7-9-12)19-14(18)11-10-13(16)17/h5-11H,3-4H2,1-2H3,(H,16,17)/b11-10-. The fourth-order valence-corrected chi connectivity index (χ4v) is 1.97. The molecule has 0 radical (unpaired) electrons. The summed E-state index contributed by atoms with van der Waals surface area (Å²) in [5.74, 6) is -1.81. The predicted octanol–water partition coefficient (Wildman–Crippen LogP) is 2.89. The summed E-state index contributed by atoms with van der Waals surface area (Å²) in [6, 6.07) is 9.47. The van der Waals surface area contributed by atoms with Gasteiger partial charge in [-0.15, -0.1) is 0 Å². The van der Waals surface area contributed by atoms with E-state index in [2.05, 4.69) is 0 Å². The van der Waals surface area contributed by atoms with Crippen molar-refractivity contribution in [2.24, 2.45) is 0 Å². The summed E-state index contributed by atoms with van der Waals surface area (Å²) in [5.41, 5.74) is 0.207. The largest absolute Gasteiger partial charge is 0.478 e. The number of carbonyl (C=O) groups is 2. The molecule has 1 aromatic carbocycles. The molecule has 0 aliphatic heterocycles. The monoisotopic (exact) mass is 262 g/mol. The molecule has 0 unspecified atom stereocenters. The molecule has 0 bridgehead atoms. The van der Waals surface area contributed by atoms with E-state index >= 15 is 0 Å². The molecule has 0 heterocycles. The number of hydrogen-bond donors (Lipinski definition) is 1. The fourth-order valence-electron chi connectivity index (χ4n) is 1.97. The Kier molecular flexibility index (Phi) is 5.30. The van der Waals surface area contributed by atoms with Crippen molar-refractivity contribution in [3.63, 3.8) is 0 Å². The summed E-state index contributed by atoms with van der Waals surface area (Å²) in [6.07, 6.45) is 2.97. The zero-order chi connectivity index (χ0) is 14.3. The van der Waals surface area contributed by atoms with Crippen LogP contribution in [0, 0.1) is 0 Å². The van der Waals surface area contributed by atoms with Gasteiger partial charge in [0, 0.05) is 12.2 Å². The van der Waals surface area contributed by atoms with Crippen molar-refractivity contribution in [2.75, 3.05) is 0 Å². The maximum Gasteiger partial charge on any atom is 0.331 e. The Bertz CT molecular complexity index is 458. The van der Waals surface area contributed by atoms with Gasteiger partial charge in [0.05, 0.1) is 0 Å². The number of carboxylic acid groups (broad SMARTS) is 1. The second-order valence-electron chi connectivity index (χ2n) is 4.16. The molecule has 0 aliphatic carbocycles. The Hall–Kier alpha value is -2.10. The fraction of sp³-hybridized carbons (Fsp3) is 0.333. The van der Waals surface area contributed by atoms with E-state index in [0.717, 1.165) is 17.7 Å².